The molecular weight excluding hydrogens is 392 g/mol. The summed E-state index contributed by atoms with van der Waals surface area (Å²) in [6.07, 6.45) is 12.5. The molecule has 0 aromatic carbocycles. The van der Waals surface area contributed by atoms with Crippen molar-refractivity contribution in [2.75, 3.05) is 0 Å². The van der Waals surface area contributed by atoms with Crippen LogP contribution in [0.5, 0.6) is 0 Å². The molecule has 0 atom stereocenters. The smallest absolute Gasteiger partial charge is 0.349 e. The summed E-state index contributed by atoms with van der Waals surface area (Å²) in [7, 11) is 0. The van der Waals surface area contributed by atoms with Crippen molar-refractivity contribution in [2.24, 2.45) is 0 Å². The quantitative estimate of drug-likeness (QED) is 0.185. The first-order valence-corrected chi connectivity index (χ1v) is 11.1. The number of hydrogen-bond donors (Lipinski definition) is 3. The van der Waals surface area contributed by atoms with Crippen LogP contribution < -0.4 is 0 Å². The molecule has 0 saturated carbocycles. The fraction of sp³-hybridized carbons (Fsp3) is 0.818. The Kier molecular flexibility index (Phi) is 15.5. The van der Waals surface area contributed by atoms with Crippen LogP contribution >= 0.6 is 0 Å². The zero-order chi connectivity index (χ0) is 22.8. The van der Waals surface area contributed by atoms with Gasteiger partial charge in [-0.2, -0.15) is 0 Å². The Morgan fingerprint density at radius 2 is 1.00 bits per heavy atom. The number of carbonyl (C=O) groups is 4. The van der Waals surface area contributed by atoms with E-state index in [9.17, 15) is 24.3 Å². The molecule has 0 aromatic rings. The first-order chi connectivity index (χ1) is 14.2. The van der Waals surface area contributed by atoms with Crippen LogP contribution in [0.4, 0.5) is 0 Å². The number of aliphatic carboxylic acids is 3. The maximum Gasteiger partial charge on any atom is 0.349 e. The molecule has 0 unspecified atom stereocenters. The van der Waals surface area contributed by atoms with Crippen LogP contribution in [0.25, 0.3) is 0 Å². The third kappa shape index (κ3) is 14.0. The largest absolute Gasteiger partial charge is 0.481 e. The van der Waals surface area contributed by atoms with E-state index in [4.69, 9.17) is 14.9 Å². The highest BCUT2D eigenvalue weighted by Gasteiger charge is 2.47. The second-order valence-corrected chi connectivity index (χ2v) is 7.91. The molecule has 0 aliphatic heterocycles. The number of unbranched alkanes of at least 4 members (excludes halogenated alkanes) is 12. The standard InChI is InChI=1S/C22H38O8/c1-2-3-4-5-6-7-8-9-10-11-12-13-14-15-20(27)30-22(21(28)29,16-18(23)24)17-19(25)26/h2-17H2,1H3,(H,23,24)(H,25,26)(H,28,29). The first kappa shape index (κ1) is 27.9. The van der Waals surface area contributed by atoms with Gasteiger partial charge in [0, 0.05) is 6.42 Å². The van der Waals surface area contributed by atoms with Gasteiger partial charge in [0.25, 0.3) is 0 Å². The van der Waals surface area contributed by atoms with Gasteiger partial charge in [-0.25, -0.2) is 4.79 Å². The summed E-state index contributed by atoms with van der Waals surface area (Å²) in [5.41, 5.74) is -2.58. The van der Waals surface area contributed by atoms with E-state index in [0.29, 0.717) is 6.42 Å². The lowest BCUT2D eigenvalue weighted by Crippen LogP contribution is -2.47. The van der Waals surface area contributed by atoms with Crippen LogP contribution in [-0.4, -0.2) is 44.8 Å². The Labute approximate surface area is 179 Å². The molecule has 0 rings (SSSR count). The molecule has 8 nitrogen and oxygen atoms in total. The summed E-state index contributed by atoms with van der Waals surface area (Å²) in [5, 5.41) is 27.0. The van der Waals surface area contributed by atoms with Crippen molar-refractivity contribution in [3.05, 3.63) is 0 Å². The molecule has 0 bridgehead atoms. The molecule has 0 aromatic heterocycles. The van der Waals surface area contributed by atoms with E-state index in [1.807, 2.05) is 0 Å². The first-order valence-electron chi connectivity index (χ1n) is 11.1. The summed E-state index contributed by atoms with van der Waals surface area (Å²) >= 11 is 0. The van der Waals surface area contributed by atoms with Crippen molar-refractivity contribution in [3.63, 3.8) is 0 Å². The molecule has 0 aliphatic carbocycles. The fourth-order valence-corrected chi connectivity index (χ4v) is 3.37. The lowest BCUT2D eigenvalue weighted by Gasteiger charge is -2.26. The van der Waals surface area contributed by atoms with Gasteiger partial charge in [-0.05, 0) is 6.42 Å². The molecule has 0 fully saturated rings. The highest BCUT2D eigenvalue weighted by molar-refractivity contribution is 5.90. The topological polar surface area (TPSA) is 138 Å². The Balaban J connectivity index is 3.99. The van der Waals surface area contributed by atoms with Crippen molar-refractivity contribution in [2.45, 2.75) is 115 Å². The summed E-state index contributed by atoms with van der Waals surface area (Å²) in [4.78, 5) is 45.2. The van der Waals surface area contributed by atoms with Crippen molar-refractivity contribution in [1.29, 1.82) is 0 Å². The van der Waals surface area contributed by atoms with E-state index in [-0.39, 0.29) is 6.42 Å². The lowest BCUT2D eigenvalue weighted by atomic mass is 9.95. The van der Waals surface area contributed by atoms with E-state index in [1.54, 1.807) is 0 Å². The highest BCUT2D eigenvalue weighted by Crippen LogP contribution is 2.23. The van der Waals surface area contributed by atoms with Gasteiger partial charge in [-0.3, -0.25) is 14.4 Å². The van der Waals surface area contributed by atoms with Crippen LogP contribution in [0.1, 0.15) is 110 Å². The van der Waals surface area contributed by atoms with Gasteiger partial charge in [0.15, 0.2) is 0 Å². The van der Waals surface area contributed by atoms with Gasteiger partial charge in [0.05, 0.1) is 12.8 Å². The molecule has 174 valence electrons. The molecular formula is C22H38O8. The Bertz CT molecular complexity index is 513. The third-order valence-corrected chi connectivity index (χ3v) is 5.06. The Hall–Kier alpha value is -2.12. The molecule has 0 amide bonds. The molecule has 0 heterocycles. The number of ether oxygens (including phenoxy) is 1. The van der Waals surface area contributed by atoms with Crippen LogP contribution in [0.2, 0.25) is 0 Å². The second-order valence-electron chi connectivity index (χ2n) is 7.91. The van der Waals surface area contributed by atoms with E-state index in [2.05, 4.69) is 6.92 Å². The molecule has 0 spiro atoms. The molecule has 30 heavy (non-hydrogen) atoms. The average molecular weight is 431 g/mol. The van der Waals surface area contributed by atoms with Gasteiger partial charge in [0.2, 0.25) is 5.60 Å². The minimum atomic E-state index is -2.58. The number of carboxylic acid groups (broad SMARTS) is 3. The van der Waals surface area contributed by atoms with E-state index in [0.717, 1.165) is 25.7 Å². The van der Waals surface area contributed by atoms with Gasteiger partial charge < -0.3 is 20.1 Å². The monoisotopic (exact) mass is 430 g/mol. The SMILES string of the molecule is CCCCCCCCCCCCCCCC(=O)OC(CC(=O)O)(CC(=O)O)C(=O)O. The molecule has 0 saturated heterocycles. The molecule has 3 N–H and O–H groups in total. The Morgan fingerprint density at radius 1 is 0.633 bits per heavy atom. The summed E-state index contributed by atoms with van der Waals surface area (Å²) in [6, 6.07) is 0. The van der Waals surface area contributed by atoms with Gasteiger partial charge in [-0.1, -0.05) is 84.0 Å². The van der Waals surface area contributed by atoms with Gasteiger partial charge in [0.1, 0.15) is 0 Å². The van der Waals surface area contributed by atoms with Crippen LogP contribution in [0.3, 0.4) is 0 Å². The zero-order valence-corrected chi connectivity index (χ0v) is 18.2. The third-order valence-electron chi connectivity index (χ3n) is 5.06. The van der Waals surface area contributed by atoms with Crippen molar-refractivity contribution in [1.82, 2.24) is 0 Å². The number of rotatable bonds is 20. The number of hydrogen-bond acceptors (Lipinski definition) is 5. The van der Waals surface area contributed by atoms with Crippen LogP contribution in [0.15, 0.2) is 0 Å². The van der Waals surface area contributed by atoms with Crippen molar-refractivity contribution >= 4 is 23.9 Å². The highest BCUT2D eigenvalue weighted by atomic mass is 16.6. The van der Waals surface area contributed by atoms with Crippen LogP contribution in [-0.2, 0) is 23.9 Å². The van der Waals surface area contributed by atoms with Crippen LogP contribution in [0, 0.1) is 0 Å². The predicted molar refractivity (Wildman–Crippen MR) is 111 cm³/mol. The maximum absolute atomic E-state index is 12.0. The number of esters is 1. The fourth-order valence-electron chi connectivity index (χ4n) is 3.37. The lowest BCUT2D eigenvalue weighted by molar-refractivity contribution is -0.186. The summed E-state index contributed by atoms with van der Waals surface area (Å²) in [5.74, 6) is -5.76. The van der Waals surface area contributed by atoms with Gasteiger partial charge >= 0.3 is 23.9 Å². The van der Waals surface area contributed by atoms with Crippen molar-refractivity contribution in [3.8, 4) is 0 Å². The van der Waals surface area contributed by atoms with Crippen molar-refractivity contribution < 1.29 is 39.2 Å². The second kappa shape index (κ2) is 16.7. The van der Waals surface area contributed by atoms with Gasteiger partial charge in [-0.15, -0.1) is 0 Å². The molecule has 0 aliphatic rings. The minimum Gasteiger partial charge on any atom is -0.481 e. The molecule has 8 heteroatoms. The predicted octanol–water partition coefficient (Wildman–Crippen LogP) is 4.78. The normalized spacial score (nSPS) is 11.2. The Morgan fingerprint density at radius 3 is 1.33 bits per heavy atom. The van der Waals surface area contributed by atoms with E-state index >= 15 is 0 Å². The average Bonchev–Trinajstić information content (AvgIpc) is 2.64. The number of carbonyl (C=O) groups excluding carboxylic acids is 1. The zero-order valence-electron chi connectivity index (χ0n) is 18.2. The summed E-state index contributed by atoms with van der Waals surface area (Å²) in [6.45, 7) is 2.21. The number of carboxylic acids is 3. The van der Waals surface area contributed by atoms with E-state index < -0.39 is 42.3 Å². The molecule has 0 radical (unpaired) electrons. The maximum atomic E-state index is 12.0. The minimum absolute atomic E-state index is 0.0635. The summed E-state index contributed by atoms with van der Waals surface area (Å²) < 4.78 is 4.83. The van der Waals surface area contributed by atoms with E-state index in [1.165, 1.54) is 51.4 Å².